The van der Waals surface area contributed by atoms with Gasteiger partial charge in [-0.2, -0.15) is 0 Å². The lowest BCUT2D eigenvalue weighted by Crippen LogP contribution is -2.72. The lowest BCUT2D eigenvalue weighted by Gasteiger charge is -2.46. The average Bonchev–Trinajstić information content (AvgIpc) is 2.67. The fourth-order valence-electron chi connectivity index (χ4n) is 3.65. The molecule has 6 heteroatoms. The van der Waals surface area contributed by atoms with E-state index in [1.165, 1.54) is 5.19 Å². The van der Waals surface area contributed by atoms with Crippen LogP contribution >= 0.6 is 0 Å². The van der Waals surface area contributed by atoms with E-state index < -0.39 is 17.7 Å². The Morgan fingerprint density at radius 3 is 1.85 bits per heavy atom. The Morgan fingerprint density at radius 2 is 1.44 bits per heavy atom. The number of rotatable bonds is 13. The summed E-state index contributed by atoms with van der Waals surface area (Å²) in [7, 11) is -3.65. The summed E-state index contributed by atoms with van der Waals surface area (Å²) in [6.07, 6.45) is 0.171. The van der Waals surface area contributed by atoms with Crippen molar-refractivity contribution in [2.75, 3.05) is 32.8 Å². The second-order valence-electron chi connectivity index (χ2n) is 6.69. The third-order valence-corrected chi connectivity index (χ3v) is 11.8. The van der Waals surface area contributed by atoms with Crippen LogP contribution < -0.4 is 5.19 Å². The van der Waals surface area contributed by atoms with Crippen LogP contribution in [-0.2, 0) is 8.85 Å². The molecule has 0 N–H and O–H groups in total. The van der Waals surface area contributed by atoms with Crippen molar-refractivity contribution < 1.29 is 8.85 Å². The molecule has 153 valence electrons. The van der Waals surface area contributed by atoms with Crippen LogP contribution in [0.3, 0.4) is 0 Å². The first-order valence-electron chi connectivity index (χ1n) is 10.4. The van der Waals surface area contributed by atoms with Gasteiger partial charge < -0.3 is 18.0 Å². The summed E-state index contributed by atoms with van der Waals surface area (Å²) in [5, 5.41) is 1.43. The molecule has 1 aromatic carbocycles. The van der Waals surface area contributed by atoms with E-state index in [2.05, 4.69) is 92.4 Å². The highest BCUT2D eigenvalue weighted by Crippen LogP contribution is 2.19. The highest BCUT2D eigenvalue weighted by Gasteiger charge is 2.43. The zero-order chi connectivity index (χ0) is 20.3. The van der Waals surface area contributed by atoms with E-state index in [1.54, 1.807) is 0 Å². The van der Waals surface area contributed by atoms with Gasteiger partial charge in [0.05, 0.1) is 0 Å². The van der Waals surface area contributed by atoms with Gasteiger partial charge in [-0.1, -0.05) is 63.7 Å². The van der Waals surface area contributed by atoms with Crippen LogP contribution in [-0.4, -0.2) is 65.7 Å². The maximum atomic E-state index is 6.09. The molecule has 0 saturated heterocycles. The van der Waals surface area contributed by atoms with Gasteiger partial charge in [0.1, 0.15) is 0 Å². The zero-order valence-corrected chi connectivity index (χ0v) is 20.4. The van der Waals surface area contributed by atoms with E-state index in [1.807, 2.05) is 6.92 Å². The summed E-state index contributed by atoms with van der Waals surface area (Å²) in [4.78, 5) is 0. The average molecular weight is 408 g/mol. The van der Waals surface area contributed by atoms with Crippen LogP contribution in [0.15, 0.2) is 41.7 Å². The standard InChI is InChI=1S/C21H39N2O2Si2/c1-8-22(9-2)27(23(10-3)11-4,21-16-14-13-15-17-21)19-18-26(24-12-5)25-20(6)7/h13-20H,8-12H2,1-7H3/b19-18+. The van der Waals surface area contributed by atoms with Crippen LogP contribution in [0.25, 0.3) is 0 Å². The minimum absolute atomic E-state index is 0.171. The van der Waals surface area contributed by atoms with Gasteiger partial charge in [-0.15, -0.1) is 0 Å². The third kappa shape index (κ3) is 6.37. The molecule has 0 unspecified atom stereocenters. The van der Waals surface area contributed by atoms with Crippen molar-refractivity contribution in [1.82, 2.24) is 9.13 Å². The molecular weight excluding hydrogens is 368 g/mol. The quantitative estimate of drug-likeness (QED) is 0.466. The number of hydrogen-bond donors (Lipinski definition) is 0. The van der Waals surface area contributed by atoms with Crippen molar-refractivity contribution in [2.24, 2.45) is 0 Å². The lowest BCUT2D eigenvalue weighted by atomic mass is 10.4. The Morgan fingerprint density at radius 1 is 0.926 bits per heavy atom. The van der Waals surface area contributed by atoms with Gasteiger partial charge in [-0.05, 0) is 57.8 Å². The summed E-state index contributed by atoms with van der Waals surface area (Å²) >= 11 is 0. The molecule has 0 aliphatic carbocycles. The Hall–Kier alpha value is -0.766. The van der Waals surface area contributed by atoms with Crippen molar-refractivity contribution in [3.63, 3.8) is 0 Å². The summed E-state index contributed by atoms with van der Waals surface area (Å²) in [5.41, 5.74) is 4.72. The predicted molar refractivity (Wildman–Crippen MR) is 120 cm³/mol. The molecule has 0 atom stereocenters. The van der Waals surface area contributed by atoms with Gasteiger partial charge in [0, 0.05) is 12.7 Å². The van der Waals surface area contributed by atoms with Gasteiger partial charge in [0.2, 0.25) is 0 Å². The van der Waals surface area contributed by atoms with Crippen LogP contribution in [0, 0.1) is 0 Å². The molecule has 0 fully saturated rings. The molecule has 1 radical (unpaired) electrons. The van der Waals surface area contributed by atoms with Crippen LogP contribution in [0.1, 0.15) is 48.5 Å². The van der Waals surface area contributed by atoms with Crippen molar-refractivity contribution in [3.05, 3.63) is 41.7 Å². The van der Waals surface area contributed by atoms with Crippen LogP contribution in [0.2, 0.25) is 0 Å². The fourth-order valence-corrected chi connectivity index (χ4v) is 10.5. The van der Waals surface area contributed by atoms with Gasteiger partial charge in [0.25, 0.3) is 8.40 Å². The van der Waals surface area contributed by atoms with Gasteiger partial charge in [-0.25, -0.2) is 0 Å². The predicted octanol–water partition coefficient (Wildman–Crippen LogP) is 3.60. The lowest BCUT2D eigenvalue weighted by molar-refractivity contribution is 0.171. The van der Waals surface area contributed by atoms with Gasteiger partial charge in [-0.3, -0.25) is 0 Å². The summed E-state index contributed by atoms with van der Waals surface area (Å²) in [6, 6.07) is 11.0. The van der Waals surface area contributed by atoms with E-state index in [0.717, 1.165) is 26.2 Å². The molecule has 0 spiro atoms. The smallest absolute Gasteiger partial charge is 0.391 e. The maximum absolute atomic E-state index is 6.09. The van der Waals surface area contributed by atoms with Gasteiger partial charge >= 0.3 is 9.28 Å². The maximum Gasteiger partial charge on any atom is 0.415 e. The zero-order valence-electron chi connectivity index (χ0n) is 18.4. The molecule has 0 bridgehead atoms. The molecule has 0 aromatic heterocycles. The number of benzene rings is 1. The summed E-state index contributed by atoms with van der Waals surface area (Å²) in [6.45, 7) is 20.1. The molecule has 0 amide bonds. The Labute approximate surface area is 170 Å². The van der Waals surface area contributed by atoms with Crippen molar-refractivity contribution in [2.45, 2.75) is 54.6 Å². The van der Waals surface area contributed by atoms with Crippen molar-refractivity contribution in [1.29, 1.82) is 0 Å². The summed E-state index contributed by atoms with van der Waals surface area (Å²) in [5.74, 6) is 0. The SMILES string of the molecule is CCO[Si](/C=C/[Si](c1ccccc1)(N(CC)CC)N(CC)CC)OC(C)C. The van der Waals surface area contributed by atoms with Gasteiger partial charge in [0.15, 0.2) is 0 Å². The van der Waals surface area contributed by atoms with Crippen LogP contribution in [0.4, 0.5) is 0 Å². The third-order valence-electron chi connectivity index (χ3n) is 4.78. The normalized spacial score (nSPS) is 13.0. The number of nitrogens with zero attached hydrogens (tertiary/aromatic N) is 2. The molecule has 0 saturated carbocycles. The second kappa shape index (κ2) is 12.6. The minimum Gasteiger partial charge on any atom is -0.391 e. The molecule has 0 heterocycles. The molecule has 0 aliphatic rings. The summed E-state index contributed by atoms with van der Waals surface area (Å²) < 4.78 is 17.4. The molecule has 0 aliphatic heterocycles. The van der Waals surface area contributed by atoms with Crippen molar-refractivity contribution in [3.8, 4) is 0 Å². The Kier molecular flexibility index (Phi) is 11.4. The fraction of sp³-hybridized carbons (Fsp3) is 0.619. The molecule has 27 heavy (non-hydrogen) atoms. The van der Waals surface area contributed by atoms with E-state index in [4.69, 9.17) is 8.85 Å². The Balaban J connectivity index is 3.51. The largest absolute Gasteiger partial charge is 0.415 e. The first-order chi connectivity index (χ1) is 13.0. The second-order valence-corrected chi connectivity index (χ2v) is 11.8. The number of hydrogen-bond acceptors (Lipinski definition) is 4. The van der Waals surface area contributed by atoms with Crippen molar-refractivity contribution >= 4 is 22.9 Å². The van der Waals surface area contributed by atoms with Crippen LogP contribution in [0.5, 0.6) is 0 Å². The Bertz CT molecular complexity index is 520. The van der Waals surface area contributed by atoms with E-state index in [-0.39, 0.29) is 6.10 Å². The molecule has 1 aromatic rings. The molecular formula is C21H39N2O2Si2. The molecule has 1 rings (SSSR count). The monoisotopic (exact) mass is 407 g/mol. The highest BCUT2D eigenvalue weighted by molar-refractivity contribution is 6.92. The van der Waals surface area contributed by atoms with E-state index in [0.29, 0.717) is 6.61 Å². The van der Waals surface area contributed by atoms with E-state index >= 15 is 0 Å². The molecule has 4 nitrogen and oxygen atoms in total. The minimum atomic E-state index is -2.22. The first kappa shape index (κ1) is 24.3. The van der Waals surface area contributed by atoms with E-state index in [9.17, 15) is 0 Å². The topological polar surface area (TPSA) is 24.9 Å². The first-order valence-corrected chi connectivity index (χ1v) is 13.8. The highest BCUT2D eigenvalue weighted by atomic mass is 28.4.